The highest BCUT2D eigenvalue weighted by molar-refractivity contribution is 5.97. The van der Waals surface area contributed by atoms with E-state index in [0.29, 0.717) is 12.3 Å². The Kier molecular flexibility index (Phi) is 3.04. The maximum absolute atomic E-state index is 11.6. The van der Waals surface area contributed by atoms with Crippen LogP contribution in [0.4, 0.5) is 0 Å². The van der Waals surface area contributed by atoms with E-state index in [1.807, 2.05) is 36.7 Å². The standard InChI is InChI=1S/C13H15NO3/c1-4-17-12-7-5-6-10-9(12)8-11(14(10)2)13(15)16-3/h5-8H,4H2,1-3H3. The number of esters is 1. The molecule has 4 heteroatoms. The molecule has 1 aromatic carbocycles. The molecule has 1 heterocycles. The maximum atomic E-state index is 11.6. The van der Waals surface area contributed by atoms with Gasteiger partial charge in [0.25, 0.3) is 0 Å². The van der Waals surface area contributed by atoms with Crippen LogP contribution in [0.15, 0.2) is 24.3 Å². The van der Waals surface area contributed by atoms with E-state index in [0.717, 1.165) is 16.7 Å². The molecule has 0 saturated carbocycles. The summed E-state index contributed by atoms with van der Waals surface area (Å²) in [4.78, 5) is 11.6. The summed E-state index contributed by atoms with van der Waals surface area (Å²) < 4.78 is 12.1. The van der Waals surface area contributed by atoms with Crippen LogP contribution < -0.4 is 4.74 Å². The van der Waals surface area contributed by atoms with E-state index < -0.39 is 0 Å². The van der Waals surface area contributed by atoms with Crippen LogP contribution in [0.1, 0.15) is 17.4 Å². The van der Waals surface area contributed by atoms with Gasteiger partial charge in [0.05, 0.1) is 19.2 Å². The third-order valence-electron chi connectivity index (χ3n) is 2.74. The summed E-state index contributed by atoms with van der Waals surface area (Å²) in [7, 11) is 3.22. The molecule has 2 aromatic rings. The van der Waals surface area contributed by atoms with Crippen molar-refractivity contribution in [3.05, 3.63) is 30.0 Å². The number of hydrogen-bond acceptors (Lipinski definition) is 3. The predicted molar refractivity (Wildman–Crippen MR) is 65.4 cm³/mol. The second kappa shape index (κ2) is 4.49. The van der Waals surface area contributed by atoms with E-state index in [-0.39, 0.29) is 5.97 Å². The highest BCUT2D eigenvalue weighted by Gasteiger charge is 2.15. The summed E-state index contributed by atoms with van der Waals surface area (Å²) in [6.07, 6.45) is 0. The van der Waals surface area contributed by atoms with Gasteiger partial charge in [0.2, 0.25) is 0 Å². The quantitative estimate of drug-likeness (QED) is 0.764. The summed E-state index contributed by atoms with van der Waals surface area (Å²) in [6.45, 7) is 2.53. The molecule has 0 aliphatic heterocycles. The van der Waals surface area contributed by atoms with E-state index in [2.05, 4.69) is 0 Å². The zero-order valence-corrected chi connectivity index (χ0v) is 10.2. The first-order valence-corrected chi connectivity index (χ1v) is 5.48. The van der Waals surface area contributed by atoms with Crippen LogP contribution in [0.2, 0.25) is 0 Å². The van der Waals surface area contributed by atoms with Gasteiger partial charge >= 0.3 is 5.97 Å². The molecule has 0 amide bonds. The summed E-state index contributed by atoms with van der Waals surface area (Å²) in [5.74, 6) is 0.446. The zero-order valence-electron chi connectivity index (χ0n) is 10.2. The number of carbonyl (C=O) groups is 1. The molecule has 1 aromatic heterocycles. The number of aryl methyl sites for hydroxylation is 1. The predicted octanol–water partition coefficient (Wildman–Crippen LogP) is 2.36. The molecular formula is C13H15NO3. The normalized spacial score (nSPS) is 10.5. The van der Waals surface area contributed by atoms with Gasteiger partial charge in [0, 0.05) is 12.4 Å². The Morgan fingerprint density at radius 3 is 2.82 bits per heavy atom. The first-order valence-electron chi connectivity index (χ1n) is 5.48. The minimum absolute atomic E-state index is 0.342. The molecule has 0 bridgehead atoms. The van der Waals surface area contributed by atoms with Crippen molar-refractivity contribution >= 4 is 16.9 Å². The Labute approximate surface area is 99.7 Å². The largest absolute Gasteiger partial charge is 0.493 e. The van der Waals surface area contributed by atoms with Crippen LogP contribution in [-0.2, 0) is 11.8 Å². The SMILES string of the molecule is CCOc1cccc2c1cc(C(=O)OC)n2C. The minimum atomic E-state index is -0.342. The van der Waals surface area contributed by atoms with Crippen molar-refractivity contribution < 1.29 is 14.3 Å². The third kappa shape index (κ3) is 1.86. The Morgan fingerprint density at radius 1 is 1.41 bits per heavy atom. The molecular weight excluding hydrogens is 218 g/mol. The fraction of sp³-hybridized carbons (Fsp3) is 0.308. The van der Waals surface area contributed by atoms with Gasteiger partial charge in [-0.2, -0.15) is 0 Å². The van der Waals surface area contributed by atoms with Gasteiger partial charge in [-0.1, -0.05) is 6.07 Å². The Morgan fingerprint density at radius 2 is 2.18 bits per heavy atom. The van der Waals surface area contributed by atoms with Gasteiger partial charge < -0.3 is 14.0 Å². The Bertz CT molecular complexity index is 557. The highest BCUT2D eigenvalue weighted by atomic mass is 16.5. The van der Waals surface area contributed by atoms with Crippen LogP contribution in [0.5, 0.6) is 5.75 Å². The number of nitrogens with zero attached hydrogens (tertiary/aromatic N) is 1. The topological polar surface area (TPSA) is 40.5 Å². The van der Waals surface area contributed by atoms with Crippen LogP contribution in [0, 0.1) is 0 Å². The molecule has 0 radical (unpaired) electrons. The van der Waals surface area contributed by atoms with Crippen molar-refractivity contribution in [3.8, 4) is 5.75 Å². The molecule has 17 heavy (non-hydrogen) atoms. The molecule has 0 atom stereocenters. The molecule has 2 rings (SSSR count). The van der Waals surface area contributed by atoms with Crippen molar-refractivity contribution in [1.29, 1.82) is 0 Å². The zero-order chi connectivity index (χ0) is 12.4. The first kappa shape index (κ1) is 11.5. The van der Waals surface area contributed by atoms with Crippen molar-refractivity contribution in [1.82, 2.24) is 4.57 Å². The molecule has 0 N–H and O–H groups in total. The number of benzene rings is 1. The number of carbonyl (C=O) groups excluding carboxylic acids is 1. The van der Waals surface area contributed by atoms with Gasteiger partial charge in [-0.15, -0.1) is 0 Å². The lowest BCUT2D eigenvalue weighted by Gasteiger charge is -2.04. The van der Waals surface area contributed by atoms with Crippen LogP contribution in [0.3, 0.4) is 0 Å². The third-order valence-corrected chi connectivity index (χ3v) is 2.74. The maximum Gasteiger partial charge on any atom is 0.354 e. The number of rotatable bonds is 3. The second-order valence-corrected chi connectivity index (χ2v) is 3.70. The lowest BCUT2D eigenvalue weighted by Crippen LogP contribution is -2.06. The monoisotopic (exact) mass is 233 g/mol. The Hall–Kier alpha value is -1.97. The lowest BCUT2D eigenvalue weighted by atomic mass is 10.2. The van der Waals surface area contributed by atoms with E-state index >= 15 is 0 Å². The van der Waals surface area contributed by atoms with Crippen molar-refractivity contribution in [2.45, 2.75) is 6.92 Å². The van der Waals surface area contributed by atoms with Crippen LogP contribution >= 0.6 is 0 Å². The van der Waals surface area contributed by atoms with Crippen molar-refractivity contribution in [2.75, 3.05) is 13.7 Å². The second-order valence-electron chi connectivity index (χ2n) is 3.70. The van der Waals surface area contributed by atoms with Gasteiger partial charge in [0.1, 0.15) is 11.4 Å². The van der Waals surface area contributed by atoms with E-state index in [4.69, 9.17) is 9.47 Å². The summed E-state index contributed by atoms with van der Waals surface area (Å²) in [6, 6.07) is 7.55. The van der Waals surface area contributed by atoms with E-state index in [1.165, 1.54) is 7.11 Å². The van der Waals surface area contributed by atoms with E-state index in [9.17, 15) is 4.79 Å². The van der Waals surface area contributed by atoms with Gasteiger partial charge in [-0.25, -0.2) is 4.79 Å². The summed E-state index contributed by atoms with van der Waals surface area (Å²) in [5, 5.41) is 0.928. The van der Waals surface area contributed by atoms with Crippen LogP contribution in [-0.4, -0.2) is 24.3 Å². The molecule has 0 unspecified atom stereocenters. The van der Waals surface area contributed by atoms with E-state index in [1.54, 1.807) is 6.07 Å². The fourth-order valence-corrected chi connectivity index (χ4v) is 1.92. The molecule has 0 spiro atoms. The van der Waals surface area contributed by atoms with Gasteiger partial charge in [-0.05, 0) is 25.1 Å². The summed E-state index contributed by atoms with van der Waals surface area (Å²) >= 11 is 0. The van der Waals surface area contributed by atoms with Crippen LogP contribution in [0.25, 0.3) is 10.9 Å². The van der Waals surface area contributed by atoms with Gasteiger partial charge in [-0.3, -0.25) is 0 Å². The molecule has 0 aliphatic rings. The highest BCUT2D eigenvalue weighted by Crippen LogP contribution is 2.28. The van der Waals surface area contributed by atoms with Crippen molar-refractivity contribution in [2.24, 2.45) is 7.05 Å². The molecule has 90 valence electrons. The molecule has 0 fully saturated rings. The summed E-state index contributed by atoms with van der Waals surface area (Å²) in [5.41, 5.74) is 1.48. The first-order chi connectivity index (χ1) is 8.19. The number of fused-ring (bicyclic) bond motifs is 1. The molecule has 0 aliphatic carbocycles. The fourth-order valence-electron chi connectivity index (χ4n) is 1.92. The van der Waals surface area contributed by atoms with Crippen molar-refractivity contribution in [3.63, 3.8) is 0 Å². The average Bonchev–Trinajstić information content (AvgIpc) is 2.68. The smallest absolute Gasteiger partial charge is 0.354 e. The number of aromatic nitrogens is 1. The number of ether oxygens (including phenoxy) is 2. The molecule has 4 nitrogen and oxygen atoms in total. The number of methoxy groups -OCH3 is 1. The number of hydrogen-bond donors (Lipinski definition) is 0. The van der Waals surface area contributed by atoms with Gasteiger partial charge in [0.15, 0.2) is 0 Å². The molecule has 0 saturated heterocycles. The Balaban J connectivity index is 2.64. The average molecular weight is 233 g/mol. The lowest BCUT2D eigenvalue weighted by molar-refractivity contribution is 0.0590. The minimum Gasteiger partial charge on any atom is -0.493 e.